The summed E-state index contributed by atoms with van der Waals surface area (Å²) in [5.41, 5.74) is -0.141. The Balaban J connectivity index is 1.33. The minimum absolute atomic E-state index is 0.130. The Kier molecular flexibility index (Phi) is 6.22. The zero-order valence-corrected chi connectivity index (χ0v) is 20.8. The number of nitrogens with zero attached hydrogens (tertiary/aromatic N) is 3. The van der Waals surface area contributed by atoms with Crippen LogP contribution in [0.3, 0.4) is 0 Å². The fourth-order valence-electron chi connectivity index (χ4n) is 9.38. The average molecular weight is 458 g/mol. The summed E-state index contributed by atoms with van der Waals surface area (Å²) >= 11 is 0. The molecule has 4 fully saturated rings. The van der Waals surface area contributed by atoms with Crippen LogP contribution in [0.15, 0.2) is 12.4 Å². The number of hydrogen-bond acceptors (Lipinski definition) is 5. The van der Waals surface area contributed by atoms with E-state index in [-0.39, 0.29) is 11.3 Å². The van der Waals surface area contributed by atoms with Gasteiger partial charge in [0.25, 0.3) is 0 Å². The molecule has 1 heterocycles. The highest BCUT2D eigenvalue weighted by Gasteiger charge is 2.62. The van der Waals surface area contributed by atoms with Crippen LogP contribution < -0.4 is 0 Å². The number of carbonyl (C=O) groups is 1. The maximum Gasteiger partial charge on any atom is 0.157 e. The molecule has 4 aliphatic carbocycles. The van der Waals surface area contributed by atoms with E-state index in [0.717, 1.165) is 37.5 Å². The Morgan fingerprint density at radius 2 is 1.97 bits per heavy atom. The van der Waals surface area contributed by atoms with Gasteiger partial charge in [-0.1, -0.05) is 19.1 Å². The first-order valence-electron chi connectivity index (χ1n) is 13.5. The van der Waals surface area contributed by atoms with Gasteiger partial charge in [-0.15, -0.1) is 5.10 Å². The van der Waals surface area contributed by atoms with Gasteiger partial charge in [0.1, 0.15) is 6.54 Å². The van der Waals surface area contributed by atoms with Gasteiger partial charge in [-0.3, -0.25) is 4.79 Å². The van der Waals surface area contributed by atoms with Gasteiger partial charge in [0, 0.05) is 18.7 Å². The number of aromatic nitrogens is 3. The lowest BCUT2D eigenvalue weighted by Gasteiger charge is -2.63. The molecule has 0 aromatic carbocycles. The predicted molar refractivity (Wildman–Crippen MR) is 126 cm³/mol. The van der Waals surface area contributed by atoms with Crippen molar-refractivity contribution in [1.29, 1.82) is 0 Å². The second kappa shape index (κ2) is 8.75. The number of Topliss-reactive ketones (excluding diaryl/α,β-unsaturated/α-hetero) is 1. The summed E-state index contributed by atoms with van der Waals surface area (Å²) in [4.78, 5) is 13.3. The van der Waals surface area contributed by atoms with Gasteiger partial charge in [-0.25, -0.2) is 4.68 Å². The predicted octanol–water partition coefficient (Wildman–Crippen LogP) is 4.66. The van der Waals surface area contributed by atoms with Crippen LogP contribution in [-0.2, 0) is 16.1 Å². The second-order valence-corrected chi connectivity index (χ2v) is 12.0. The molecule has 0 aliphatic heterocycles. The average Bonchev–Trinajstić information content (AvgIpc) is 3.44. The maximum atomic E-state index is 13.3. The SMILES string of the molecule is CCOC[C@@]1(O)CC[C@@]2(CC)[C@@H](CC[C@H]3[C@@H]4CC[C@H](C(=O)Cn5ccnn5)[C@@]4(C)CC[C@@H]32)C1. The highest BCUT2D eigenvalue weighted by Crippen LogP contribution is 2.69. The lowest BCUT2D eigenvalue weighted by molar-refractivity contribution is -0.173. The van der Waals surface area contributed by atoms with Crippen molar-refractivity contribution >= 4 is 5.78 Å². The minimum atomic E-state index is -0.637. The number of ketones is 1. The molecule has 6 nitrogen and oxygen atoms in total. The number of fused-ring (bicyclic) bond motifs is 5. The van der Waals surface area contributed by atoms with Crippen molar-refractivity contribution in [2.24, 2.45) is 40.4 Å². The van der Waals surface area contributed by atoms with E-state index in [9.17, 15) is 9.90 Å². The largest absolute Gasteiger partial charge is 0.387 e. The van der Waals surface area contributed by atoms with Gasteiger partial charge in [-0.05, 0) is 106 Å². The first kappa shape index (κ1) is 23.5. The van der Waals surface area contributed by atoms with E-state index in [1.54, 1.807) is 17.1 Å². The van der Waals surface area contributed by atoms with Crippen molar-refractivity contribution < 1.29 is 14.6 Å². The Labute approximate surface area is 198 Å². The van der Waals surface area contributed by atoms with Crippen LogP contribution in [0.5, 0.6) is 0 Å². The van der Waals surface area contributed by atoms with E-state index >= 15 is 0 Å². The Hall–Kier alpha value is -1.27. The van der Waals surface area contributed by atoms with Crippen LogP contribution in [0.4, 0.5) is 0 Å². The number of aliphatic hydroxyl groups is 1. The van der Waals surface area contributed by atoms with Gasteiger partial charge in [-0.2, -0.15) is 0 Å². The summed E-state index contributed by atoms with van der Waals surface area (Å²) in [6, 6.07) is 0. The number of carbonyl (C=O) groups excluding carboxylic acids is 1. The molecule has 4 saturated carbocycles. The number of rotatable bonds is 7. The van der Waals surface area contributed by atoms with Crippen LogP contribution >= 0.6 is 0 Å². The molecule has 1 aromatic heterocycles. The lowest BCUT2D eigenvalue weighted by Crippen LogP contribution is -2.57. The van der Waals surface area contributed by atoms with Gasteiger partial charge < -0.3 is 9.84 Å². The first-order valence-corrected chi connectivity index (χ1v) is 13.5. The number of hydrogen-bond donors (Lipinski definition) is 1. The third-order valence-corrected chi connectivity index (χ3v) is 10.9. The van der Waals surface area contributed by atoms with Crippen LogP contribution in [0.1, 0.15) is 85.0 Å². The molecule has 1 N–H and O–H groups in total. The topological polar surface area (TPSA) is 77.2 Å². The van der Waals surface area contributed by atoms with Crippen molar-refractivity contribution in [1.82, 2.24) is 15.0 Å². The van der Waals surface area contributed by atoms with Crippen molar-refractivity contribution in [3.8, 4) is 0 Å². The quantitative estimate of drug-likeness (QED) is 0.644. The molecule has 0 radical (unpaired) electrons. The van der Waals surface area contributed by atoms with Gasteiger partial charge >= 0.3 is 0 Å². The zero-order valence-electron chi connectivity index (χ0n) is 20.8. The number of ether oxygens (including phenoxy) is 1. The van der Waals surface area contributed by atoms with Crippen LogP contribution in [0, 0.1) is 40.4 Å². The molecule has 1 aromatic rings. The molecule has 33 heavy (non-hydrogen) atoms. The molecule has 184 valence electrons. The molecule has 6 heteroatoms. The molecule has 0 saturated heterocycles. The third-order valence-electron chi connectivity index (χ3n) is 10.9. The Morgan fingerprint density at radius 1 is 1.12 bits per heavy atom. The zero-order chi connectivity index (χ0) is 23.3. The van der Waals surface area contributed by atoms with Crippen molar-refractivity contribution in [2.45, 2.75) is 97.1 Å². The van der Waals surface area contributed by atoms with E-state index in [1.165, 1.54) is 38.5 Å². The van der Waals surface area contributed by atoms with Crippen LogP contribution in [0.2, 0.25) is 0 Å². The molecular weight excluding hydrogens is 414 g/mol. The van der Waals surface area contributed by atoms with E-state index < -0.39 is 5.60 Å². The highest BCUT2D eigenvalue weighted by molar-refractivity contribution is 5.82. The Morgan fingerprint density at radius 3 is 2.70 bits per heavy atom. The molecule has 0 spiro atoms. The van der Waals surface area contributed by atoms with E-state index in [4.69, 9.17) is 4.74 Å². The molecule has 4 aliphatic rings. The molecule has 8 atom stereocenters. The molecular formula is C27H43N3O3. The molecule has 0 bridgehead atoms. The van der Waals surface area contributed by atoms with Crippen molar-refractivity contribution in [3.63, 3.8) is 0 Å². The third kappa shape index (κ3) is 3.80. The molecule has 5 rings (SSSR count). The summed E-state index contributed by atoms with van der Waals surface area (Å²) in [6.45, 7) is 8.36. The summed E-state index contributed by atoms with van der Waals surface area (Å²) in [5.74, 6) is 3.27. The Bertz CT molecular complexity index is 844. The van der Waals surface area contributed by atoms with E-state index in [0.29, 0.717) is 42.8 Å². The summed E-state index contributed by atoms with van der Waals surface area (Å²) < 4.78 is 7.37. The summed E-state index contributed by atoms with van der Waals surface area (Å²) in [7, 11) is 0. The monoisotopic (exact) mass is 457 g/mol. The fourth-order valence-corrected chi connectivity index (χ4v) is 9.38. The second-order valence-electron chi connectivity index (χ2n) is 12.0. The minimum Gasteiger partial charge on any atom is -0.387 e. The normalized spacial score (nSPS) is 44.7. The first-order chi connectivity index (χ1) is 15.9. The van der Waals surface area contributed by atoms with E-state index in [1.807, 2.05) is 6.92 Å². The van der Waals surface area contributed by atoms with Crippen LogP contribution in [0.25, 0.3) is 0 Å². The van der Waals surface area contributed by atoms with Crippen LogP contribution in [-0.4, -0.2) is 44.7 Å². The highest BCUT2D eigenvalue weighted by atomic mass is 16.5. The van der Waals surface area contributed by atoms with Gasteiger partial charge in [0.15, 0.2) is 5.78 Å². The standard InChI is InChI=1S/C27H43N3O3/c1-4-27-13-12-26(32,18-33-5-2)16-19(27)6-7-20-21-8-9-23(25(21,3)11-10-22(20)27)24(31)17-30-15-14-28-29-30/h14-15,19-23,32H,4-13,16-18H2,1-3H3/t19-,20-,21-,22-,23+,25-,26+,27-/m0/s1. The lowest BCUT2D eigenvalue weighted by atomic mass is 9.42. The molecule has 0 amide bonds. The van der Waals surface area contributed by atoms with Crippen molar-refractivity contribution in [3.05, 3.63) is 12.4 Å². The van der Waals surface area contributed by atoms with Crippen molar-refractivity contribution in [2.75, 3.05) is 13.2 Å². The van der Waals surface area contributed by atoms with Gasteiger partial charge in [0.05, 0.1) is 18.4 Å². The summed E-state index contributed by atoms with van der Waals surface area (Å²) in [6.07, 6.45) is 14.7. The van der Waals surface area contributed by atoms with E-state index in [2.05, 4.69) is 24.2 Å². The van der Waals surface area contributed by atoms with Gasteiger partial charge in [0.2, 0.25) is 0 Å². The fraction of sp³-hybridized carbons (Fsp3) is 0.889. The smallest absolute Gasteiger partial charge is 0.157 e. The molecule has 0 unspecified atom stereocenters. The maximum absolute atomic E-state index is 13.3. The summed E-state index contributed by atoms with van der Waals surface area (Å²) in [5, 5.41) is 19.2.